The number of carbonyl (C=O) groups excluding carboxylic acids is 1. The molecule has 0 N–H and O–H groups in total. The highest BCUT2D eigenvalue weighted by Gasteiger charge is 2.33. The topological polar surface area (TPSA) is 97.4 Å². The molecular formula is C17H22N4O4. The lowest BCUT2D eigenvalue weighted by Gasteiger charge is -2.12. The third-order valence-corrected chi connectivity index (χ3v) is 3.62. The van der Waals surface area contributed by atoms with Gasteiger partial charge in [0, 0.05) is 31.5 Å². The maximum atomic E-state index is 12.5. The summed E-state index contributed by atoms with van der Waals surface area (Å²) < 4.78 is 5.44. The Morgan fingerprint density at radius 1 is 1.40 bits per heavy atom. The van der Waals surface area contributed by atoms with Gasteiger partial charge in [0.1, 0.15) is 5.92 Å². The first-order valence-electron chi connectivity index (χ1n) is 8.15. The van der Waals surface area contributed by atoms with Gasteiger partial charge in [-0.2, -0.15) is 10.1 Å². The Morgan fingerprint density at radius 3 is 2.68 bits per heavy atom. The van der Waals surface area contributed by atoms with Crippen molar-refractivity contribution in [2.75, 3.05) is 18.2 Å². The number of hydrogen-bond donors (Lipinski definition) is 0. The molecule has 1 aliphatic rings. The molecule has 0 saturated carbocycles. The zero-order valence-corrected chi connectivity index (χ0v) is 14.6. The number of non-ortho nitro benzene ring substituents is 1. The SMILES string of the molecule is CC1=NN(c2ccc([N+](=O)[O-])cc2)C(=O)[C@@H]1C=NCCCOC(C)C. The van der Waals surface area contributed by atoms with E-state index in [2.05, 4.69) is 10.1 Å². The number of aliphatic imine (C=N–C) groups is 1. The Hall–Kier alpha value is -2.61. The number of nitro groups is 1. The predicted molar refractivity (Wildman–Crippen MR) is 96.2 cm³/mol. The van der Waals surface area contributed by atoms with Gasteiger partial charge in [-0.3, -0.25) is 19.9 Å². The van der Waals surface area contributed by atoms with E-state index < -0.39 is 10.8 Å². The molecule has 0 radical (unpaired) electrons. The van der Waals surface area contributed by atoms with E-state index in [9.17, 15) is 14.9 Å². The van der Waals surface area contributed by atoms with Crippen molar-refractivity contribution in [3.63, 3.8) is 0 Å². The molecular weight excluding hydrogens is 324 g/mol. The molecule has 0 saturated heterocycles. The van der Waals surface area contributed by atoms with E-state index in [0.717, 1.165) is 6.42 Å². The van der Waals surface area contributed by atoms with E-state index in [-0.39, 0.29) is 17.7 Å². The molecule has 1 aromatic rings. The molecule has 25 heavy (non-hydrogen) atoms. The van der Waals surface area contributed by atoms with Crippen LogP contribution in [0.3, 0.4) is 0 Å². The Morgan fingerprint density at radius 2 is 2.08 bits per heavy atom. The van der Waals surface area contributed by atoms with Crippen molar-refractivity contribution >= 4 is 29.2 Å². The summed E-state index contributed by atoms with van der Waals surface area (Å²) in [4.78, 5) is 27.0. The van der Waals surface area contributed by atoms with Crippen LogP contribution in [-0.4, -0.2) is 42.0 Å². The zero-order chi connectivity index (χ0) is 18.4. The fraction of sp³-hybridized carbons (Fsp3) is 0.471. The first-order valence-corrected chi connectivity index (χ1v) is 8.15. The number of rotatable bonds is 8. The first-order chi connectivity index (χ1) is 11.9. The summed E-state index contributed by atoms with van der Waals surface area (Å²) in [5.74, 6) is -0.713. The van der Waals surface area contributed by atoms with E-state index in [4.69, 9.17) is 4.74 Å². The van der Waals surface area contributed by atoms with Gasteiger partial charge in [-0.05, 0) is 39.3 Å². The molecule has 1 amide bonds. The van der Waals surface area contributed by atoms with E-state index in [1.165, 1.54) is 29.3 Å². The Bertz CT molecular complexity index is 682. The zero-order valence-electron chi connectivity index (χ0n) is 14.6. The van der Waals surface area contributed by atoms with Crippen LogP contribution in [-0.2, 0) is 9.53 Å². The highest BCUT2D eigenvalue weighted by molar-refractivity contribution is 6.23. The molecule has 1 aromatic carbocycles. The van der Waals surface area contributed by atoms with Crippen molar-refractivity contribution in [2.45, 2.75) is 33.3 Å². The van der Waals surface area contributed by atoms with Gasteiger partial charge in [-0.1, -0.05) is 0 Å². The minimum atomic E-state index is -0.499. The fourth-order valence-electron chi connectivity index (χ4n) is 2.31. The number of ether oxygens (including phenoxy) is 1. The molecule has 1 aliphatic heterocycles. The number of nitro benzene ring substituents is 1. The van der Waals surface area contributed by atoms with Crippen LogP contribution in [0.2, 0.25) is 0 Å². The number of amides is 1. The predicted octanol–water partition coefficient (Wildman–Crippen LogP) is 2.82. The lowest BCUT2D eigenvalue weighted by Crippen LogP contribution is -2.28. The maximum absolute atomic E-state index is 12.5. The lowest BCUT2D eigenvalue weighted by atomic mass is 10.1. The molecule has 2 rings (SSSR count). The van der Waals surface area contributed by atoms with Crippen molar-refractivity contribution in [3.8, 4) is 0 Å². The van der Waals surface area contributed by atoms with Crippen LogP contribution in [0.25, 0.3) is 0 Å². The van der Waals surface area contributed by atoms with Gasteiger partial charge < -0.3 is 4.74 Å². The summed E-state index contributed by atoms with van der Waals surface area (Å²) in [7, 11) is 0. The monoisotopic (exact) mass is 346 g/mol. The number of hydrogen-bond acceptors (Lipinski definition) is 6. The van der Waals surface area contributed by atoms with Crippen molar-refractivity contribution in [3.05, 3.63) is 34.4 Å². The van der Waals surface area contributed by atoms with E-state index in [1.807, 2.05) is 13.8 Å². The normalized spacial score (nSPS) is 17.6. The van der Waals surface area contributed by atoms with Crippen molar-refractivity contribution in [1.82, 2.24) is 0 Å². The molecule has 0 unspecified atom stereocenters. The van der Waals surface area contributed by atoms with Crippen LogP contribution in [0.1, 0.15) is 27.2 Å². The van der Waals surface area contributed by atoms with Gasteiger partial charge in [0.15, 0.2) is 0 Å². The Balaban J connectivity index is 1.95. The van der Waals surface area contributed by atoms with Crippen molar-refractivity contribution < 1.29 is 14.5 Å². The fourth-order valence-corrected chi connectivity index (χ4v) is 2.31. The molecule has 134 valence electrons. The summed E-state index contributed by atoms with van der Waals surface area (Å²) in [6.45, 7) is 6.94. The molecule has 0 fully saturated rings. The average molecular weight is 346 g/mol. The third kappa shape index (κ3) is 4.93. The number of hydrazone groups is 1. The third-order valence-electron chi connectivity index (χ3n) is 3.62. The smallest absolute Gasteiger partial charge is 0.269 e. The van der Waals surface area contributed by atoms with Crippen molar-refractivity contribution in [1.29, 1.82) is 0 Å². The Kier molecular flexibility index (Phi) is 6.35. The van der Waals surface area contributed by atoms with Crippen LogP contribution in [0.15, 0.2) is 34.4 Å². The second-order valence-corrected chi connectivity index (χ2v) is 5.97. The summed E-state index contributed by atoms with van der Waals surface area (Å²) in [5, 5.41) is 16.2. The van der Waals surface area contributed by atoms with E-state index in [0.29, 0.717) is 24.6 Å². The first kappa shape index (κ1) is 18.7. The van der Waals surface area contributed by atoms with Gasteiger partial charge in [0.05, 0.1) is 22.4 Å². The van der Waals surface area contributed by atoms with Gasteiger partial charge >= 0.3 is 0 Å². The van der Waals surface area contributed by atoms with Gasteiger partial charge in [-0.15, -0.1) is 0 Å². The molecule has 1 heterocycles. The minimum absolute atomic E-state index is 0.0298. The number of benzene rings is 1. The van der Waals surface area contributed by atoms with Crippen LogP contribution in [0.5, 0.6) is 0 Å². The number of nitrogens with zero attached hydrogens (tertiary/aromatic N) is 4. The standard InChI is InChI=1S/C17H22N4O4/c1-12(2)25-10-4-9-18-11-16-13(3)19-20(17(16)22)14-5-7-15(8-6-14)21(23)24/h5-8,11-12,16H,4,9-10H2,1-3H3/t16-/m1/s1. The van der Waals surface area contributed by atoms with Gasteiger partial charge in [0.25, 0.3) is 11.6 Å². The average Bonchev–Trinajstić information content (AvgIpc) is 2.85. The lowest BCUT2D eigenvalue weighted by molar-refractivity contribution is -0.384. The highest BCUT2D eigenvalue weighted by Crippen LogP contribution is 2.25. The number of carbonyl (C=O) groups is 1. The summed E-state index contributed by atoms with van der Waals surface area (Å²) >= 11 is 0. The summed E-state index contributed by atoms with van der Waals surface area (Å²) in [5.41, 5.74) is 1.11. The second kappa shape index (κ2) is 8.48. The molecule has 0 bridgehead atoms. The summed E-state index contributed by atoms with van der Waals surface area (Å²) in [6, 6.07) is 5.72. The van der Waals surface area contributed by atoms with Gasteiger partial charge in [-0.25, -0.2) is 0 Å². The molecule has 8 nitrogen and oxygen atoms in total. The van der Waals surface area contributed by atoms with Crippen LogP contribution >= 0.6 is 0 Å². The molecule has 0 aliphatic carbocycles. The minimum Gasteiger partial charge on any atom is -0.379 e. The molecule has 8 heteroatoms. The molecule has 1 atom stereocenters. The van der Waals surface area contributed by atoms with Crippen LogP contribution in [0, 0.1) is 16.0 Å². The largest absolute Gasteiger partial charge is 0.379 e. The summed E-state index contributed by atoms with van der Waals surface area (Å²) in [6.07, 6.45) is 2.60. The van der Waals surface area contributed by atoms with E-state index >= 15 is 0 Å². The maximum Gasteiger partial charge on any atom is 0.269 e. The molecule has 0 spiro atoms. The highest BCUT2D eigenvalue weighted by atomic mass is 16.6. The van der Waals surface area contributed by atoms with Crippen molar-refractivity contribution in [2.24, 2.45) is 16.0 Å². The number of anilines is 1. The van der Waals surface area contributed by atoms with Gasteiger partial charge in [0.2, 0.25) is 0 Å². The van der Waals surface area contributed by atoms with E-state index in [1.54, 1.807) is 13.1 Å². The Labute approximate surface area is 146 Å². The molecule has 0 aromatic heterocycles. The van der Waals surface area contributed by atoms with Crippen LogP contribution in [0.4, 0.5) is 11.4 Å². The quantitative estimate of drug-likeness (QED) is 0.313. The van der Waals surface area contributed by atoms with Crippen LogP contribution < -0.4 is 5.01 Å². The second-order valence-electron chi connectivity index (χ2n) is 5.97.